The number of hydrogen-bond donors (Lipinski definition) is 2. The van der Waals surface area contributed by atoms with E-state index in [0.717, 1.165) is 22.4 Å². The number of nitrogens with zero attached hydrogens (tertiary/aromatic N) is 3. The molecule has 3 rings (SSSR count). The van der Waals surface area contributed by atoms with Gasteiger partial charge in [-0.25, -0.2) is 4.79 Å². The molecule has 0 aliphatic heterocycles. The number of benzene rings is 2. The predicted molar refractivity (Wildman–Crippen MR) is 119 cm³/mol. The number of thioether (sulfide) groups is 1. The zero-order chi connectivity index (χ0) is 21.5. The first-order chi connectivity index (χ1) is 14.5. The van der Waals surface area contributed by atoms with Gasteiger partial charge >= 0.3 is 6.03 Å². The summed E-state index contributed by atoms with van der Waals surface area (Å²) in [5, 5.41) is 14.0. The minimum Gasteiger partial charge on any atom is -0.334 e. The second-order valence-corrected chi connectivity index (χ2v) is 7.62. The number of rotatable bonds is 7. The molecule has 30 heavy (non-hydrogen) atoms. The van der Waals surface area contributed by atoms with Crippen LogP contribution in [0, 0.1) is 13.8 Å². The van der Waals surface area contributed by atoms with Gasteiger partial charge in [-0.2, -0.15) is 0 Å². The lowest BCUT2D eigenvalue weighted by molar-refractivity contribution is -0.117. The van der Waals surface area contributed by atoms with Gasteiger partial charge < -0.3 is 5.32 Å². The molecule has 0 bridgehead atoms. The number of aromatic nitrogens is 3. The van der Waals surface area contributed by atoms with E-state index in [-0.39, 0.29) is 12.3 Å². The SMILES string of the molecule is C=CCNC(=O)NC(=O)CSc1nnc(-c2ccc(C)cc2)n1-c1ccc(C)cc1. The first kappa shape index (κ1) is 21.3. The minimum absolute atomic E-state index is 0.0272. The molecular formula is C22H23N5O2S. The standard InChI is InChI=1S/C22H23N5O2S/c1-4-13-23-21(29)24-19(28)14-30-22-26-25-20(17-9-5-15(2)6-10-17)27(22)18-11-7-16(3)8-12-18/h4-12H,1,13-14H2,2-3H3,(H2,23,24,28,29). The number of imide groups is 1. The third-order valence-corrected chi connectivity index (χ3v) is 5.16. The van der Waals surface area contributed by atoms with Crippen LogP contribution in [0.15, 0.2) is 66.3 Å². The largest absolute Gasteiger partial charge is 0.334 e. The highest BCUT2D eigenvalue weighted by Gasteiger charge is 2.18. The van der Waals surface area contributed by atoms with Crippen LogP contribution < -0.4 is 10.6 Å². The number of nitrogens with one attached hydrogen (secondary N) is 2. The molecule has 3 aromatic rings. The smallest absolute Gasteiger partial charge is 0.321 e. The van der Waals surface area contributed by atoms with Crippen LogP contribution in [0.1, 0.15) is 11.1 Å². The Balaban J connectivity index is 1.84. The van der Waals surface area contributed by atoms with Crippen molar-refractivity contribution >= 4 is 23.7 Å². The molecule has 2 aromatic carbocycles. The molecule has 154 valence electrons. The van der Waals surface area contributed by atoms with Gasteiger partial charge in [-0.15, -0.1) is 16.8 Å². The van der Waals surface area contributed by atoms with Crippen molar-refractivity contribution in [2.45, 2.75) is 19.0 Å². The van der Waals surface area contributed by atoms with Gasteiger partial charge in [-0.1, -0.05) is 65.4 Å². The first-order valence-corrected chi connectivity index (χ1v) is 10.4. The summed E-state index contributed by atoms with van der Waals surface area (Å²) in [7, 11) is 0. The molecule has 1 heterocycles. The fourth-order valence-electron chi connectivity index (χ4n) is 2.68. The zero-order valence-electron chi connectivity index (χ0n) is 16.9. The van der Waals surface area contributed by atoms with Crippen LogP contribution >= 0.6 is 11.8 Å². The van der Waals surface area contributed by atoms with Crippen molar-refractivity contribution in [1.29, 1.82) is 0 Å². The van der Waals surface area contributed by atoms with Gasteiger partial charge in [0.15, 0.2) is 11.0 Å². The third kappa shape index (κ3) is 5.36. The summed E-state index contributed by atoms with van der Waals surface area (Å²) in [5.74, 6) is 0.293. The van der Waals surface area contributed by atoms with Crippen LogP contribution in [0.5, 0.6) is 0 Å². The van der Waals surface area contributed by atoms with Crippen molar-refractivity contribution in [3.63, 3.8) is 0 Å². The minimum atomic E-state index is -0.555. The molecule has 0 unspecified atom stereocenters. The van der Waals surface area contributed by atoms with Crippen molar-refractivity contribution in [3.05, 3.63) is 72.3 Å². The fourth-order valence-corrected chi connectivity index (χ4v) is 3.43. The summed E-state index contributed by atoms with van der Waals surface area (Å²) in [6.07, 6.45) is 1.54. The van der Waals surface area contributed by atoms with E-state index in [9.17, 15) is 9.59 Å². The molecule has 0 saturated carbocycles. The summed E-state index contributed by atoms with van der Waals surface area (Å²) in [6, 6.07) is 15.5. The molecule has 0 saturated heterocycles. The Morgan fingerprint density at radius 2 is 1.67 bits per heavy atom. The Kier molecular flexibility index (Phi) is 7.03. The van der Waals surface area contributed by atoms with Crippen molar-refractivity contribution in [2.24, 2.45) is 0 Å². The van der Waals surface area contributed by atoms with Crippen LogP contribution in [0.2, 0.25) is 0 Å². The quantitative estimate of drug-likeness (QED) is 0.449. The number of hydrogen-bond acceptors (Lipinski definition) is 5. The van der Waals surface area contributed by atoms with E-state index in [0.29, 0.717) is 11.0 Å². The Labute approximate surface area is 179 Å². The normalized spacial score (nSPS) is 10.5. The van der Waals surface area contributed by atoms with E-state index >= 15 is 0 Å². The van der Waals surface area contributed by atoms with E-state index in [1.165, 1.54) is 17.8 Å². The van der Waals surface area contributed by atoms with Crippen LogP contribution in [0.25, 0.3) is 17.1 Å². The summed E-state index contributed by atoms with van der Waals surface area (Å²) in [4.78, 5) is 23.7. The molecule has 0 fully saturated rings. The first-order valence-electron chi connectivity index (χ1n) is 9.39. The monoisotopic (exact) mass is 421 g/mol. The maximum atomic E-state index is 12.1. The average molecular weight is 422 g/mol. The Hall–Kier alpha value is -3.39. The summed E-state index contributed by atoms with van der Waals surface area (Å²) >= 11 is 1.22. The van der Waals surface area contributed by atoms with Crippen molar-refractivity contribution < 1.29 is 9.59 Å². The van der Waals surface area contributed by atoms with E-state index < -0.39 is 11.9 Å². The van der Waals surface area contributed by atoms with Crippen molar-refractivity contribution in [2.75, 3.05) is 12.3 Å². The molecule has 8 heteroatoms. The highest BCUT2D eigenvalue weighted by atomic mass is 32.2. The molecule has 0 atom stereocenters. The van der Waals surface area contributed by atoms with Crippen molar-refractivity contribution in [1.82, 2.24) is 25.4 Å². The summed E-state index contributed by atoms with van der Waals surface area (Å²) in [5.41, 5.74) is 4.12. The topological polar surface area (TPSA) is 88.9 Å². The molecule has 0 spiro atoms. The van der Waals surface area contributed by atoms with Crippen molar-refractivity contribution in [3.8, 4) is 17.1 Å². The number of carbonyl (C=O) groups is 2. The highest BCUT2D eigenvalue weighted by molar-refractivity contribution is 7.99. The third-order valence-electron chi connectivity index (χ3n) is 4.23. The fraction of sp³-hybridized carbons (Fsp3) is 0.182. The second-order valence-electron chi connectivity index (χ2n) is 6.68. The maximum Gasteiger partial charge on any atom is 0.321 e. The van der Waals surface area contributed by atoms with Gasteiger partial charge in [0.05, 0.1) is 5.75 Å². The van der Waals surface area contributed by atoms with Gasteiger partial charge in [-0.3, -0.25) is 14.7 Å². The van der Waals surface area contributed by atoms with E-state index in [1.807, 2.05) is 66.9 Å². The van der Waals surface area contributed by atoms with E-state index in [2.05, 4.69) is 27.4 Å². The van der Waals surface area contributed by atoms with Gasteiger partial charge in [0.1, 0.15) is 0 Å². The maximum absolute atomic E-state index is 12.1. The van der Waals surface area contributed by atoms with Gasteiger partial charge in [0, 0.05) is 17.8 Å². The lowest BCUT2D eigenvalue weighted by atomic mass is 10.1. The van der Waals surface area contributed by atoms with E-state index in [4.69, 9.17) is 0 Å². The Morgan fingerprint density at radius 1 is 1.03 bits per heavy atom. The summed E-state index contributed by atoms with van der Waals surface area (Å²) < 4.78 is 1.92. The molecule has 1 aromatic heterocycles. The van der Waals surface area contributed by atoms with Crippen LogP contribution in [0.3, 0.4) is 0 Å². The highest BCUT2D eigenvalue weighted by Crippen LogP contribution is 2.28. The van der Waals surface area contributed by atoms with Gasteiger partial charge in [0.2, 0.25) is 5.91 Å². The van der Waals surface area contributed by atoms with Crippen LogP contribution in [0.4, 0.5) is 4.79 Å². The molecule has 0 radical (unpaired) electrons. The average Bonchev–Trinajstić information content (AvgIpc) is 3.16. The Bertz CT molecular complexity index is 1040. The predicted octanol–water partition coefficient (Wildman–Crippen LogP) is 3.66. The summed E-state index contributed by atoms with van der Waals surface area (Å²) in [6.45, 7) is 7.85. The molecular weight excluding hydrogens is 398 g/mol. The van der Waals surface area contributed by atoms with Crippen LogP contribution in [-0.2, 0) is 4.79 Å². The van der Waals surface area contributed by atoms with Gasteiger partial charge in [0.25, 0.3) is 0 Å². The lowest BCUT2D eigenvalue weighted by Crippen LogP contribution is -2.40. The molecule has 3 amide bonds. The molecule has 7 nitrogen and oxygen atoms in total. The lowest BCUT2D eigenvalue weighted by Gasteiger charge is -2.11. The molecule has 0 aliphatic rings. The van der Waals surface area contributed by atoms with Gasteiger partial charge in [-0.05, 0) is 26.0 Å². The second kappa shape index (κ2) is 9.89. The number of amides is 3. The number of carbonyl (C=O) groups excluding carboxylic acids is 2. The number of urea groups is 1. The zero-order valence-corrected chi connectivity index (χ0v) is 17.7. The van der Waals surface area contributed by atoms with Crippen LogP contribution in [-0.4, -0.2) is 39.0 Å². The van der Waals surface area contributed by atoms with E-state index in [1.54, 1.807) is 0 Å². The molecule has 2 N–H and O–H groups in total. The Morgan fingerprint density at radius 3 is 2.30 bits per heavy atom. The molecule has 0 aliphatic carbocycles. The number of aryl methyl sites for hydroxylation is 2.